The van der Waals surface area contributed by atoms with E-state index < -0.39 is 0 Å². The van der Waals surface area contributed by atoms with Crippen LogP contribution in [0.3, 0.4) is 0 Å². The van der Waals surface area contributed by atoms with Crippen LogP contribution in [-0.4, -0.2) is 46.0 Å². The zero-order chi connectivity index (χ0) is 16.5. The predicted octanol–water partition coefficient (Wildman–Crippen LogP) is 3.03. The number of aromatic nitrogens is 3. The molecule has 5 nitrogen and oxygen atoms in total. The van der Waals surface area contributed by atoms with E-state index in [0.29, 0.717) is 0 Å². The molecule has 0 radical (unpaired) electrons. The predicted molar refractivity (Wildman–Crippen MR) is 98.6 cm³/mol. The van der Waals surface area contributed by atoms with Gasteiger partial charge in [0.15, 0.2) is 0 Å². The number of thiophene rings is 1. The number of pyridine rings is 1. The summed E-state index contributed by atoms with van der Waals surface area (Å²) in [5.74, 6) is 1.10. The normalized spacial score (nSPS) is 16.0. The number of hydrogen-bond donors (Lipinski definition) is 0. The highest BCUT2D eigenvalue weighted by Crippen LogP contribution is 2.34. The van der Waals surface area contributed by atoms with Crippen molar-refractivity contribution < 1.29 is 0 Å². The van der Waals surface area contributed by atoms with Crippen molar-refractivity contribution >= 4 is 27.4 Å². The summed E-state index contributed by atoms with van der Waals surface area (Å²) < 4.78 is 0. The molecule has 4 rings (SSSR count). The standard InChI is InChI=1S/C18H21N5S/c1-13-14(2)24-18-16(13)17(20-12-21-18)23-9-7-22(8-10-23)11-15-3-5-19-6-4-15/h3-6,12H,7-11H2,1-2H3. The van der Waals surface area contributed by atoms with E-state index in [2.05, 4.69) is 50.7 Å². The second kappa shape index (κ2) is 6.45. The van der Waals surface area contributed by atoms with E-state index in [1.54, 1.807) is 17.7 Å². The van der Waals surface area contributed by atoms with Crippen LogP contribution < -0.4 is 4.90 Å². The molecule has 4 heterocycles. The van der Waals surface area contributed by atoms with E-state index in [0.717, 1.165) is 43.4 Å². The fourth-order valence-electron chi connectivity index (χ4n) is 3.27. The van der Waals surface area contributed by atoms with E-state index in [1.807, 2.05) is 12.4 Å². The Morgan fingerprint density at radius 3 is 2.54 bits per heavy atom. The molecule has 1 fully saturated rings. The van der Waals surface area contributed by atoms with Gasteiger partial charge in [-0.1, -0.05) is 0 Å². The fourth-order valence-corrected chi connectivity index (χ4v) is 4.26. The third-order valence-electron chi connectivity index (χ3n) is 4.77. The van der Waals surface area contributed by atoms with Gasteiger partial charge in [0.1, 0.15) is 17.0 Å². The topological polar surface area (TPSA) is 45.2 Å². The second-order valence-electron chi connectivity index (χ2n) is 6.28. The molecule has 124 valence electrons. The summed E-state index contributed by atoms with van der Waals surface area (Å²) >= 11 is 1.77. The molecule has 0 spiro atoms. The average Bonchev–Trinajstić information content (AvgIpc) is 2.91. The zero-order valence-electron chi connectivity index (χ0n) is 14.1. The lowest BCUT2D eigenvalue weighted by molar-refractivity contribution is 0.249. The molecule has 1 saturated heterocycles. The third-order valence-corrected chi connectivity index (χ3v) is 5.89. The Kier molecular flexibility index (Phi) is 4.16. The van der Waals surface area contributed by atoms with Gasteiger partial charge in [0.25, 0.3) is 0 Å². The van der Waals surface area contributed by atoms with Gasteiger partial charge in [-0.2, -0.15) is 0 Å². The van der Waals surface area contributed by atoms with E-state index in [1.165, 1.54) is 21.4 Å². The molecule has 24 heavy (non-hydrogen) atoms. The van der Waals surface area contributed by atoms with Crippen LogP contribution in [0.2, 0.25) is 0 Å². The maximum Gasteiger partial charge on any atom is 0.141 e. The molecule has 0 bridgehead atoms. The van der Waals surface area contributed by atoms with Crippen LogP contribution in [0.5, 0.6) is 0 Å². The highest BCUT2D eigenvalue weighted by Gasteiger charge is 2.22. The minimum Gasteiger partial charge on any atom is -0.353 e. The quantitative estimate of drug-likeness (QED) is 0.734. The zero-order valence-corrected chi connectivity index (χ0v) is 14.9. The lowest BCUT2D eigenvalue weighted by Gasteiger charge is -2.35. The van der Waals surface area contributed by atoms with Gasteiger partial charge in [-0.25, -0.2) is 9.97 Å². The van der Waals surface area contributed by atoms with E-state index in [9.17, 15) is 0 Å². The Balaban J connectivity index is 1.50. The van der Waals surface area contributed by atoms with Crippen molar-refractivity contribution in [2.24, 2.45) is 0 Å². The summed E-state index contributed by atoms with van der Waals surface area (Å²) in [7, 11) is 0. The Bertz CT molecular complexity index is 837. The fraction of sp³-hybridized carbons (Fsp3) is 0.389. The highest BCUT2D eigenvalue weighted by molar-refractivity contribution is 7.18. The lowest BCUT2D eigenvalue weighted by Crippen LogP contribution is -2.46. The minimum absolute atomic E-state index is 0.992. The first-order chi connectivity index (χ1) is 11.7. The van der Waals surface area contributed by atoms with Crippen molar-refractivity contribution in [3.63, 3.8) is 0 Å². The first kappa shape index (κ1) is 15.5. The third kappa shape index (κ3) is 2.87. The van der Waals surface area contributed by atoms with Crippen LogP contribution in [0.4, 0.5) is 5.82 Å². The molecular formula is C18H21N5S. The van der Waals surface area contributed by atoms with Crippen molar-refractivity contribution in [3.8, 4) is 0 Å². The van der Waals surface area contributed by atoms with Gasteiger partial charge in [-0.05, 0) is 37.1 Å². The summed E-state index contributed by atoms with van der Waals surface area (Å²) in [5, 5.41) is 1.24. The van der Waals surface area contributed by atoms with Crippen molar-refractivity contribution in [1.29, 1.82) is 0 Å². The van der Waals surface area contributed by atoms with E-state index >= 15 is 0 Å². The molecule has 1 aliphatic heterocycles. The van der Waals surface area contributed by atoms with Gasteiger partial charge < -0.3 is 4.90 Å². The monoisotopic (exact) mass is 339 g/mol. The Morgan fingerprint density at radius 1 is 1.04 bits per heavy atom. The first-order valence-corrected chi connectivity index (χ1v) is 9.11. The molecule has 3 aromatic rings. The molecule has 0 aromatic carbocycles. The summed E-state index contributed by atoms with van der Waals surface area (Å²) in [6.07, 6.45) is 5.44. The first-order valence-electron chi connectivity index (χ1n) is 8.29. The molecule has 0 N–H and O–H groups in total. The maximum absolute atomic E-state index is 4.61. The van der Waals surface area contributed by atoms with Gasteiger partial charge >= 0.3 is 0 Å². The smallest absolute Gasteiger partial charge is 0.141 e. The molecule has 6 heteroatoms. The highest BCUT2D eigenvalue weighted by atomic mass is 32.1. The van der Waals surface area contributed by atoms with Gasteiger partial charge in [0.2, 0.25) is 0 Å². The van der Waals surface area contributed by atoms with Crippen molar-refractivity contribution in [2.45, 2.75) is 20.4 Å². The average molecular weight is 339 g/mol. The number of nitrogens with zero attached hydrogens (tertiary/aromatic N) is 5. The maximum atomic E-state index is 4.61. The Hall–Kier alpha value is -2.05. The SMILES string of the molecule is Cc1sc2ncnc(N3CCN(Cc4ccncc4)CC3)c2c1C. The van der Waals surface area contributed by atoms with Crippen molar-refractivity contribution in [2.75, 3.05) is 31.1 Å². The van der Waals surface area contributed by atoms with Crippen LogP contribution in [0.25, 0.3) is 10.2 Å². The molecular weight excluding hydrogens is 318 g/mol. The minimum atomic E-state index is 0.992. The Labute approximate surface area is 146 Å². The molecule has 1 aliphatic rings. The molecule has 0 aliphatic carbocycles. The summed E-state index contributed by atoms with van der Waals surface area (Å²) in [6.45, 7) is 9.45. The van der Waals surface area contributed by atoms with Crippen LogP contribution in [0.15, 0.2) is 30.9 Å². The van der Waals surface area contributed by atoms with E-state index in [-0.39, 0.29) is 0 Å². The largest absolute Gasteiger partial charge is 0.353 e. The van der Waals surface area contributed by atoms with Crippen molar-refractivity contribution in [3.05, 3.63) is 46.9 Å². The van der Waals surface area contributed by atoms with E-state index in [4.69, 9.17) is 0 Å². The van der Waals surface area contributed by atoms with Crippen LogP contribution in [0, 0.1) is 13.8 Å². The molecule has 0 amide bonds. The molecule has 3 aromatic heterocycles. The lowest BCUT2D eigenvalue weighted by atomic mass is 10.2. The number of anilines is 1. The number of piperazine rings is 1. The van der Waals surface area contributed by atoms with Gasteiger partial charge in [0.05, 0.1) is 5.39 Å². The van der Waals surface area contributed by atoms with Crippen molar-refractivity contribution in [1.82, 2.24) is 19.9 Å². The van der Waals surface area contributed by atoms with Crippen LogP contribution >= 0.6 is 11.3 Å². The second-order valence-corrected chi connectivity index (χ2v) is 7.48. The van der Waals surface area contributed by atoms with Gasteiger partial charge in [-0.15, -0.1) is 11.3 Å². The number of rotatable bonds is 3. The number of fused-ring (bicyclic) bond motifs is 1. The number of aryl methyl sites for hydroxylation is 2. The van der Waals surface area contributed by atoms with Crippen LogP contribution in [0.1, 0.15) is 16.0 Å². The number of hydrogen-bond acceptors (Lipinski definition) is 6. The molecule has 0 saturated carbocycles. The summed E-state index contributed by atoms with van der Waals surface area (Å²) in [4.78, 5) is 20.5. The summed E-state index contributed by atoms with van der Waals surface area (Å²) in [5.41, 5.74) is 2.65. The van der Waals surface area contributed by atoms with Crippen LogP contribution in [-0.2, 0) is 6.54 Å². The molecule has 0 atom stereocenters. The Morgan fingerprint density at radius 2 is 1.79 bits per heavy atom. The summed E-state index contributed by atoms with van der Waals surface area (Å²) in [6, 6.07) is 4.19. The molecule has 0 unspecified atom stereocenters. The van der Waals surface area contributed by atoms with Gasteiger partial charge in [0, 0.05) is 50.0 Å². The van der Waals surface area contributed by atoms with Gasteiger partial charge in [-0.3, -0.25) is 9.88 Å².